The summed E-state index contributed by atoms with van der Waals surface area (Å²) < 4.78 is 1.71. The predicted molar refractivity (Wildman–Crippen MR) is 112 cm³/mol. The molecule has 0 atom stereocenters. The number of carboxylic acid groups (broad SMARTS) is 2. The van der Waals surface area contributed by atoms with E-state index in [-0.39, 0.29) is 22.4 Å². The van der Waals surface area contributed by atoms with Crippen molar-refractivity contribution in [2.75, 3.05) is 0 Å². The van der Waals surface area contributed by atoms with Crippen LogP contribution in [-0.2, 0) is 0 Å². The molecule has 158 valence electrons. The Labute approximate surface area is 176 Å². The first-order chi connectivity index (χ1) is 14.7. The first-order valence-corrected chi connectivity index (χ1v) is 9.11. The van der Waals surface area contributed by atoms with Gasteiger partial charge in [-0.2, -0.15) is 5.10 Å². The number of carbonyl (C=O) groups is 3. The number of benzene rings is 2. The standard InChI is InChI=1S/C22H19N3O6/c1-12-6-17(11-23-24-20(27)14-4-3-5-19(26)10-14)13(2)25(12)18-8-15(21(28)29)7-16(9-18)22(30)31/h3-11,26H,1-2H3,(H,24,27)(H,28,29)(H,30,31)/b23-11+. The monoisotopic (exact) mass is 421 g/mol. The van der Waals surface area contributed by atoms with Crippen LogP contribution in [0.5, 0.6) is 5.75 Å². The van der Waals surface area contributed by atoms with E-state index >= 15 is 0 Å². The molecule has 9 heteroatoms. The van der Waals surface area contributed by atoms with Crippen molar-refractivity contribution in [3.8, 4) is 11.4 Å². The highest BCUT2D eigenvalue weighted by molar-refractivity contribution is 5.96. The summed E-state index contributed by atoms with van der Waals surface area (Å²) in [6.45, 7) is 3.54. The second-order valence-corrected chi connectivity index (χ2v) is 6.79. The fourth-order valence-corrected chi connectivity index (χ4v) is 3.18. The van der Waals surface area contributed by atoms with Crippen molar-refractivity contribution >= 4 is 24.1 Å². The molecule has 31 heavy (non-hydrogen) atoms. The van der Waals surface area contributed by atoms with Gasteiger partial charge < -0.3 is 19.9 Å². The highest BCUT2D eigenvalue weighted by atomic mass is 16.4. The molecule has 3 rings (SSSR count). The smallest absolute Gasteiger partial charge is 0.335 e. The minimum Gasteiger partial charge on any atom is -0.508 e. The molecule has 4 N–H and O–H groups in total. The Morgan fingerprint density at radius 2 is 1.58 bits per heavy atom. The average molecular weight is 421 g/mol. The summed E-state index contributed by atoms with van der Waals surface area (Å²) in [4.78, 5) is 34.9. The van der Waals surface area contributed by atoms with E-state index in [0.29, 0.717) is 16.9 Å². The van der Waals surface area contributed by atoms with Crippen LogP contribution in [-0.4, -0.2) is 43.9 Å². The number of aromatic nitrogens is 1. The molecule has 0 unspecified atom stereocenters. The Balaban J connectivity index is 1.91. The van der Waals surface area contributed by atoms with Crippen molar-refractivity contribution in [1.82, 2.24) is 9.99 Å². The molecule has 0 saturated heterocycles. The summed E-state index contributed by atoms with van der Waals surface area (Å²) in [6, 6.07) is 11.5. The number of hydrazone groups is 1. The lowest BCUT2D eigenvalue weighted by Gasteiger charge is -2.12. The molecule has 1 aromatic heterocycles. The molecule has 0 aliphatic rings. The number of aryl methyl sites for hydroxylation is 1. The van der Waals surface area contributed by atoms with Gasteiger partial charge in [-0.3, -0.25) is 4.79 Å². The van der Waals surface area contributed by atoms with Crippen molar-refractivity contribution in [2.45, 2.75) is 13.8 Å². The quantitative estimate of drug-likeness (QED) is 0.356. The Kier molecular flexibility index (Phi) is 5.87. The van der Waals surface area contributed by atoms with Crippen molar-refractivity contribution < 1.29 is 29.7 Å². The first kappa shape index (κ1) is 21.3. The molecule has 3 aromatic rings. The first-order valence-electron chi connectivity index (χ1n) is 9.11. The summed E-state index contributed by atoms with van der Waals surface area (Å²) in [5, 5.41) is 32.0. The zero-order valence-electron chi connectivity index (χ0n) is 16.7. The van der Waals surface area contributed by atoms with Crippen LogP contribution in [0.4, 0.5) is 0 Å². The van der Waals surface area contributed by atoms with E-state index in [1.54, 1.807) is 24.5 Å². The van der Waals surface area contributed by atoms with Gasteiger partial charge in [-0.15, -0.1) is 0 Å². The Morgan fingerprint density at radius 1 is 0.935 bits per heavy atom. The molecule has 1 amide bonds. The molecule has 0 bridgehead atoms. The van der Waals surface area contributed by atoms with Crippen LogP contribution in [0, 0.1) is 13.8 Å². The van der Waals surface area contributed by atoms with Crippen LogP contribution in [0.25, 0.3) is 5.69 Å². The minimum atomic E-state index is -1.23. The third-order valence-electron chi connectivity index (χ3n) is 4.62. The fraction of sp³-hybridized carbons (Fsp3) is 0.0909. The van der Waals surface area contributed by atoms with E-state index in [2.05, 4.69) is 10.5 Å². The number of aromatic carboxylic acids is 2. The van der Waals surface area contributed by atoms with Crippen molar-refractivity contribution in [3.63, 3.8) is 0 Å². The van der Waals surface area contributed by atoms with Crippen molar-refractivity contribution in [2.24, 2.45) is 5.10 Å². The van der Waals surface area contributed by atoms with Gasteiger partial charge >= 0.3 is 11.9 Å². The van der Waals surface area contributed by atoms with Crippen LogP contribution in [0.3, 0.4) is 0 Å². The highest BCUT2D eigenvalue weighted by Gasteiger charge is 2.16. The number of hydrogen-bond donors (Lipinski definition) is 4. The largest absolute Gasteiger partial charge is 0.508 e. The van der Waals surface area contributed by atoms with Gasteiger partial charge in [0.05, 0.1) is 17.3 Å². The van der Waals surface area contributed by atoms with Crippen molar-refractivity contribution in [1.29, 1.82) is 0 Å². The zero-order valence-corrected chi connectivity index (χ0v) is 16.7. The van der Waals surface area contributed by atoms with E-state index in [1.807, 2.05) is 0 Å². The maximum atomic E-state index is 12.1. The Hall–Kier alpha value is -4.40. The van der Waals surface area contributed by atoms with Gasteiger partial charge in [-0.25, -0.2) is 15.0 Å². The number of hydrogen-bond acceptors (Lipinski definition) is 5. The lowest BCUT2D eigenvalue weighted by Crippen LogP contribution is -2.17. The van der Waals surface area contributed by atoms with Gasteiger partial charge in [0.25, 0.3) is 5.91 Å². The number of aromatic hydroxyl groups is 1. The number of carboxylic acids is 2. The second kappa shape index (κ2) is 8.54. The number of nitrogens with one attached hydrogen (secondary N) is 1. The summed E-state index contributed by atoms with van der Waals surface area (Å²) in [5.74, 6) is -3.00. The van der Waals surface area contributed by atoms with Gasteiger partial charge in [0, 0.05) is 28.2 Å². The van der Waals surface area contributed by atoms with E-state index in [1.165, 1.54) is 42.6 Å². The summed E-state index contributed by atoms with van der Waals surface area (Å²) in [6.07, 6.45) is 1.43. The molecular weight excluding hydrogens is 402 g/mol. The maximum absolute atomic E-state index is 12.1. The van der Waals surface area contributed by atoms with Gasteiger partial charge in [-0.1, -0.05) is 6.07 Å². The Bertz CT molecular complexity index is 1190. The van der Waals surface area contributed by atoms with Gasteiger partial charge in [0.1, 0.15) is 5.75 Å². The van der Waals surface area contributed by atoms with E-state index in [0.717, 1.165) is 11.8 Å². The van der Waals surface area contributed by atoms with E-state index in [9.17, 15) is 29.7 Å². The summed E-state index contributed by atoms with van der Waals surface area (Å²) in [5.41, 5.74) is 4.75. The van der Waals surface area contributed by atoms with Crippen LogP contribution in [0.1, 0.15) is 48.0 Å². The molecule has 0 spiro atoms. The van der Waals surface area contributed by atoms with Crippen LogP contribution in [0.2, 0.25) is 0 Å². The maximum Gasteiger partial charge on any atom is 0.335 e. The van der Waals surface area contributed by atoms with Crippen LogP contribution in [0.15, 0.2) is 53.6 Å². The van der Waals surface area contributed by atoms with E-state index < -0.39 is 17.8 Å². The zero-order chi connectivity index (χ0) is 22.7. The summed E-state index contributed by atoms with van der Waals surface area (Å²) >= 11 is 0. The number of phenols is 1. The third-order valence-corrected chi connectivity index (χ3v) is 4.62. The number of phenolic OH excluding ortho intramolecular Hbond substituents is 1. The second-order valence-electron chi connectivity index (χ2n) is 6.79. The highest BCUT2D eigenvalue weighted by Crippen LogP contribution is 2.22. The van der Waals surface area contributed by atoms with Gasteiger partial charge in [0.2, 0.25) is 0 Å². The molecule has 0 radical (unpaired) electrons. The third kappa shape index (κ3) is 4.61. The number of carbonyl (C=O) groups excluding carboxylic acids is 1. The number of nitrogens with zero attached hydrogens (tertiary/aromatic N) is 2. The molecule has 0 saturated carbocycles. The van der Waals surface area contributed by atoms with Crippen molar-refractivity contribution in [3.05, 3.63) is 82.2 Å². The molecule has 0 aliphatic heterocycles. The fourth-order valence-electron chi connectivity index (χ4n) is 3.18. The number of amides is 1. The van der Waals surface area contributed by atoms with E-state index in [4.69, 9.17) is 0 Å². The molecule has 2 aromatic carbocycles. The topological polar surface area (TPSA) is 141 Å². The molecular formula is C22H19N3O6. The molecule has 0 aliphatic carbocycles. The normalized spacial score (nSPS) is 10.9. The minimum absolute atomic E-state index is 0.0375. The predicted octanol–water partition coefficient (Wildman–Crippen LogP) is 2.96. The average Bonchev–Trinajstić information content (AvgIpc) is 3.00. The summed E-state index contributed by atoms with van der Waals surface area (Å²) in [7, 11) is 0. The van der Waals surface area contributed by atoms with Gasteiger partial charge in [-0.05, 0) is 56.3 Å². The molecule has 9 nitrogen and oxygen atoms in total. The SMILES string of the molecule is Cc1cc(/C=N/NC(=O)c2cccc(O)c2)c(C)n1-c1cc(C(=O)O)cc(C(=O)O)c1. The van der Waals surface area contributed by atoms with Gasteiger partial charge in [0.15, 0.2) is 0 Å². The Morgan fingerprint density at radius 3 is 2.16 bits per heavy atom. The molecule has 1 heterocycles. The lowest BCUT2D eigenvalue weighted by molar-refractivity contribution is 0.0696. The molecule has 0 fully saturated rings. The van der Waals surface area contributed by atoms with Crippen LogP contribution < -0.4 is 5.43 Å². The number of rotatable bonds is 6. The van der Waals surface area contributed by atoms with Crippen LogP contribution >= 0.6 is 0 Å². The lowest BCUT2D eigenvalue weighted by atomic mass is 10.1.